The van der Waals surface area contributed by atoms with Crippen LogP contribution in [0, 0.1) is 11.8 Å². The van der Waals surface area contributed by atoms with E-state index in [4.69, 9.17) is 0 Å². The van der Waals surface area contributed by atoms with Crippen molar-refractivity contribution in [1.82, 2.24) is 15.1 Å². The third-order valence-electron chi connectivity index (χ3n) is 5.16. The van der Waals surface area contributed by atoms with Crippen LogP contribution in [0.1, 0.15) is 76.6 Å². The van der Waals surface area contributed by atoms with Gasteiger partial charge in [0.1, 0.15) is 0 Å². The summed E-state index contributed by atoms with van der Waals surface area (Å²) >= 11 is 0. The molecule has 120 valence electrons. The predicted octanol–water partition coefficient (Wildman–Crippen LogP) is 4.24. The average Bonchev–Trinajstić information content (AvgIpc) is 2.89. The number of aromatic nitrogens is 2. The first-order chi connectivity index (χ1) is 10.2. The van der Waals surface area contributed by atoms with Gasteiger partial charge in [0.15, 0.2) is 0 Å². The molecule has 1 saturated carbocycles. The smallest absolute Gasteiger partial charge is 0.0669 e. The molecule has 3 heteroatoms. The highest BCUT2D eigenvalue weighted by Gasteiger charge is 2.29. The molecule has 1 aliphatic rings. The topological polar surface area (TPSA) is 29.9 Å². The average molecular weight is 291 g/mol. The largest absolute Gasteiger partial charge is 0.310 e. The van der Waals surface area contributed by atoms with E-state index in [1.54, 1.807) is 0 Å². The van der Waals surface area contributed by atoms with Gasteiger partial charge in [0.05, 0.1) is 5.69 Å². The molecule has 0 bridgehead atoms. The maximum Gasteiger partial charge on any atom is 0.0669 e. The molecule has 0 aliphatic heterocycles. The third kappa shape index (κ3) is 4.09. The molecule has 1 fully saturated rings. The standard InChI is InChI=1S/C18H33N3/c1-5-12-19-18(15-10-8-14(6-2)9-11-15)16-13-21(4)20-17(16)7-3/h13-15,18-19H,5-12H2,1-4H3. The van der Waals surface area contributed by atoms with Crippen LogP contribution in [0.2, 0.25) is 0 Å². The number of nitrogens with zero attached hydrogens (tertiary/aromatic N) is 2. The first kappa shape index (κ1) is 16.5. The number of hydrogen-bond acceptors (Lipinski definition) is 2. The van der Waals surface area contributed by atoms with Crippen LogP contribution in [0.5, 0.6) is 0 Å². The fourth-order valence-electron chi connectivity index (χ4n) is 3.85. The minimum Gasteiger partial charge on any atom is -0.310 e. The van der Waals surface area contributed by atoms with E-state index in [2.05, 4.69) is 37.4 Å². The maximum absolute atomic E-state index is 4.66. The summed E-state index contributed by atoms with van der Waals surface area (Å²) in [7, 11) is 2.05. The molecular formula is C18H33N3. The quantitative estimate of drug-likeness (QED) is 0.814. The lowest BCUT2D eigenvalue weighted by Gasteiger charge is -2.34. The Morgan fingerprint density at radius 2 is 1.95 bits per heavy atom. The molecule has 1 aliphatic carbocycles. The molecule has 0 aromatic carbocycles. The molecule has 1 atom stereocenters. The van der Waals surface area contributed by atoms with Crippen LogP contribution in [0.4, 0.5) is 0 Å². The molecule has 0 saturated heterocycles. The SMILES string of the molecule is CCCNC(c1cn(C)nc1CC)C1CCC(CC)CC1. The zero-order chi connectivity index (χ0) is 15.2. The van der Waals surface area contributed by atoms with Crippen molar-refractivity contribution < 1.29 is 0 Å². The first-order valence-electron chi connectivity index (χ1n) is 8.95. The predicted molar refractivity (Wildman–Crippen MR) is 89.4 cm³/mol. The Bertz CT molecular complexity index is 416. The van der Waals surface area contributed by atoms with Crippen LogP contribution < -0.4 is 5.32 Å². The lowest BCUT2D eigenvalue weighted by molar-refractivity contribution is 0.218. The Morgan fingerprint density at radius 3 is 2.52 bits per heavy atom. The van der Waals surface area contributed by atoms with Crippen molar-refractivity contribution >= 4 is 0 Å². The molecule has 1 N–H and O–H groups in total. The van der Waals surface area contributed by atoms with Gasteiger partial charge in [-0.15, -0.1) is 0 Å². The summed E-state index contributed by atoms with van der Waals surface area (Å²) in [6, 6.07) is 0.506. The van der Waals surface area contributed by atoms with E-state index >= 15 is 0 Å². The van der Waals surface area contributed by atoms with Gasteiger partial charge in [0.25, 0.3) is 0 Å². The van der Waals surface area contributed by atoms with E-state index in [0.717, 1.165) is 24.8 Å². The van der Waals surface area contributed by atoms with Gasteiger partial charge in [-0.05, 0) is 44.1 Å². The van der Waals surface area contributed by atoms with Crippen LogP contribution in [0.25, 0.3) is 0 Å². The van der Waals surface area contributed by atoms with Gasteiger partial charge in [-0.2, -0.15) is 5.10 Å². The van der Waals surface area contributed by atoms with Crippen molar-refractivity contribution in [3.8, 4) is 0 Å². The van der Waals surface area contributed by atoms with Crippen molar-refractivity contribution in [3.63, 3.8) is 0 Å². The van der Waals surface area contributed by atoms with E-state index in [1.165, 1.54) is 49.8 Å². The van der Waals surface area contributed by atoms with Crippen LogP contribution in [-0.4, -0.2) is 16.3 Å². The number of aryl methyl sites for hydroxylation is 2. The zero-order valence-corrected chi connectivity index (χ0v) is 14.4. The van der Waals surface area contributed by atoms with Crippen LogP contribution in [-0.2, 0) is 13.5 Å². The fraction of sp³-hybridized carbons (Fsp3) is 0.833. The fourth-order valence-corrected chi connectivity index (χ4v) is 3.85. The Labute approximate surface area is 130 Å². The monoisotopic (exact) mass is 291 g/mol. The highest BCUT2D eigenvalue weighted by atomic mass is 15.3. The molecule has 0 radical (unpaired) electrons. The summed E-state index contributed by atoms with van der Waals surface area (Å²) in [5.74, 6) is 1.75. The molecule has 1 aromatic rings. The molecule has 3 nitrogen and oxygen atoms in total. The number of nitrogens with one attached hydrogen (secondary N) is 1. The summed E-state index contributed by atoms with van der Waals surface area (Å²) in [6.45, 7) is 7.92. The Morgan fingerprint density at radius 1 is 1.24 bits per heavy atom. The Balaban J connectivity index is 2.14. The van der Waals surface area contributed by atoms with Crippen molar-refractivity contribution in [2.45, 2.75) is 71.8 Å². The van der Waals surface area contributed by atoms with Gasteiger partial charge >= 0.3 is 0 Å². The van der Waals surface area contributed by atoms with Crippen molar-refractivity contribution in [1.29, 1.82) is 0 Å². The van der Waals surface area contributed by atoms with Crippen molar-refractivity contribution in [2.24, 2.45) is 18.9 Å². The number of hydrogen-bond donors (Lipinski definition) is 1. The second-order valence-electron chi connectivity index (χ2n) is 6.68. The van der Waals surface area contributed by atoms with Crippen molar-refractivity contribution in [2.75, 3.05) is 6.54 Å². The lowest BCUT2D eigenvalue weighted by atomic mass is 9.76. The molecular weight excluding hydrogens is 258 g/mol. The molecule has 21 heavy (non-hydrogen) atoms. The highest BCUT2D eigenvalue weighted by Crippen LogP contribution is 2.38. The molecule has 2 rings (SSSR count). The van der Waals surface area contributed by atoms with Gasteiger partial charge in [0, 0.05) is 24.8 Å². The van der Waals surface area contributed by atoms with Gasteiger partial charge in [-0.25, -0.2) is 0 Å². The van der Waals surface area contributed by atoms with Crippen LogP contribution >= 0.6 is 0 Å². The Kier molecular flexibility index (Phi) is 6.28. The van der Waals surface area contributed by atoms with Gasteiger partial charge in [-0.1, -0.05) is 40.0 Å². The van der Waals surface area contributed by atoms with Gasteiger partial charge in [-0.3, -0.25) is 4.68 Å². The van der Waals surface area contributed by atoms with E-state index in [9.17, 15) is 0 Å². The summed E-state index contributed by atoms with van der Waals surface area (Å²) in [5.41, 5.74) is 2.73. The maximum atomic E-state index is 4.66. The summed E-state index contributed by atoms with van der Waals surface area (Å²) in [5, 5.41) is 8.48. The van der Waals surface area contributed by atoms with Gasteiger partial charge in [0.2, 0.25) is 0 Å². The molecule has 0 spiro atoms. The van der Waals surface area contributed by atoms with E-state index in [0.29, 0.717) is 6.04 Å². The second-order valence-corrected chi connectivity index (χ2v) is 6.68. The Hall–Kier alpha value is -0.830. The zero-order valence-electron chi connectivity index (χ0n) is 14.4. The van der Waals surface area contributed by atoms with Crippen LogP contribution in [0.15, 0.2) is 6.20 Å². The molecule has 1 unspecified atom stereocenters. The highest BCUT2D eigenvalue weighted by molar-refractivity contribution is 5.22. The summed E-state index contributed by atoms with van der Waals surface area (Å²) in [6.07, 6.45) is 11.4. The first-order valence-corrected chi connectivity index (χ1v) is 8.95. The normalized spacial score (nSPS) is 24.2. The summed E-state index contributed by atoms with van der Waals surface area (Å²) in [4.78, 5) is 0. The van der Waals surface area contributed by atoms with Crippen LogP contribution in [0.3, 0.4) is 0 Å². The van der Waals surface area contributed by atoms with E-state index < -0.39 is 0 Å². The minimum absolute atomic E-state index is 0.506. The summed E-state index contributed by atoms with van der Waals surface area (Å²) < 4.78 is 1.99. The number of rotatable bonds is 7. The van der Waals surface area contributed by atoms with E-state index in [1.807, 2.05) is 11.7 Å². The van der Waals surface area contributed by atoms with Crippen molar-refractivity contribution in [3.05, 3.63) is 17.5 Å². The molecule has 0 amide bonds. The molecule has 1 heterocycles. The minimum atomic E-state index is 0.506. The van der Waals surface area contributed by atoms with E-state index in [-0.39, 0.29) is 0 Å². The third-order valence-corrected chi connectivity index (χ3v) is 5.16. The lowest BCUT2D eigenvalue weighted by Crippen LogP contribution is -2.32. The second kappa shape index (κ2) is 7.98. The van der Waals surface area contributed by atoms with Gasteiger partial charge < -0.3 is 5.32 Å². The molecule has 1 aromatic heterocycles.